The van der Waals surface area contributed by atoms with Gasteiger partial charge < -0.3 is 14.4 Å². The van der Waals surface area contributed by atoms with Crippen molar-refractivity contribution in [3.63, 3.8) is 0 Å². The third-order valence-electron chi connectivity index (χ3n) is 6.99. The van der Waals surface area contributed by atoms with Gasteiger partial charge in [-0.3, -0.25) is 9.59 Å². The monoisotopic (exact) mass is 486 g/mol. The molecular formula is C29H30N2O5. The number of carbonyl (C=O) groups is 3. The number of hydrogen-bond acceptors (Lipinski definition) is 5. The molecule has 0 aromatic heterocycles. The molecule has 2 heterocycles. The van der Waals surface area contributed by atoms with Gasteiger partial charge in [-0.15, -0.1) is 0 Å². The molecule has 0 spiro atoms. The molecular weight excluding hydrogens is 456 g/mol. The molecule has 186 valence electrons. The van der Waals surface area contributed by atoms with E-state index in [1.54, 1.807) is 4.90 Å². The van der Waals surface area contributed by atoms with E-state index in [9.17, 15) is 14.4 Å². The van der Waals surface area contributed by atoms with Crippen LogP contribution in [0.3, 0.4) is 0 Å². The van der Waals surface area contributed by atoms with Crippen molar-refractivity contribution in [1.29, 1.82) is 0 Å². The molecule has 2 saturated heterocycles. The number of ether oxygens (including phenoxy) is 2. The Balaban J connectivity index is 1.42. The first kappa shape index (κ1) is 24.0. The molecule has 0 radical (unpaired) electrons. The third-order valence-corrected chi connectivity index (χ3v) is 6.99. The third kappa shape index (κ3) is 5.26. The Morgan fingerprint density at radius 3 is 2.44 bits per heavy atom. The van der Waals surface area contributed by atoms with E-state index in [2.05, 4.69) is 0 Å². The normalized spacial score (nSPS) is 18.8. The van der Waals surface area contributed by atoms with Crippen molar-refractivity contribution in [3.8, 4) is 0 Å². The number of amides is 3. The van der Waals surface area contributed by atoms with E-state index in [0.29, 0.717) is 39.1 Å². The molecule has 0 saturated carbocycles. The van der Waals surface area contributed by atoms with Crippen LogP contribution in [0.5, 0.6) is 0 Å². The first-order valence-electron chi connectivity index (χ1n) is 12.5. The second kappa shape index (κ2) is 10.9. The number of benzene rings is 3. The van der Waals surface area contributed by atoms with Crippen molar-refractivity contribution < 1.29 is 23.9 Å². The lowest BCUT2D eigenvalue weighted by Crippen LogP contribution is -2.47. The number of morpholine rings is 1. The molecule has 3 aromatic carbocycles. The summed E-state index contributed by atoms with van der Waals surface area (Å²) in [6.45, 7) is 2.15. The van der Waals surface area contributed by atoms with Gasteiger partial charge in [0, 0.05) is 19.5 Å². The van der Waals surface area contributed by atoms with Crippen LogP contribution < -0.4 is 0 Å². The van der Waals surface area contributed by atoms with E-state index in [1.165, 1.54) is 4.90 Å². The van der Waals surface area contributed by atoms with Crippen LogP contribution in [-0.2, 0) is 31.9 Å². The highest BCUT2D eigenvalue weighted by atomic mass is 16.6. The van der Waals surface area contributed by atoms with Crippen LogP contribution in [0.2, 0.25) is 0 Å². The van der Waals surface area contributed by atoms with E-state index >= 15 is 0 Å². The van der Waals surface area contributed by atoms with E-state index in [0.717, 1.165) is 21.9 Å². The standard InChI is InChI=1S/C29H30N2O5/c32-27(30-13-15-35-16-14-30)19-24(18-23-11-6-10-22-9-4-5-12-26(22)23)28(33)31-25(20-36-29(31)34)17-21-7-2-1-3-8-21/h1-12,24-25H,13-20H2/t24?,25-/m0/s1. The fourth-order valence-electron chi connectivity index (χ4n) is 5.10. The lowest BCUT2D eigenvalue weighted by Gasteiger charge is -2.30. The molecule has 2 atom stereocenters. The van der Waals surface area contributed by atoms with Crippen molar-refractivity contribution >= 4 is 28.7 Å². The van der Waals surface area contributed by atoms with Crippen molar-refractivity contribution in [2.45, 2.75) is 25.3 Å². The van der Waals surface area contributed by atoms with Gasteiger partial charge in [-0.05, 0) is 34.7 Å². The van der Waals surface area contributed by atoms with Crippen LogP contribution in [0.4, 0.5) is 4.79 Å². The molecule has 0 aliphatic carbocycles. The summed E-state index contributed by atoms with van der Waals surface area (Å²) in [7, 11) is 0. The lowest BCUT2D eigenvalue weighted by molar-refractivity contribution is -0.142. The quantitative estimate of drug-likeness (QED) is 0.507. The van der Waals surface area contributed by atoms with Crippen LogP contribution in [0.15, 0.2) is 72.8 Å². The number of carbonyl (C=O) groups excluding carboxylic acids is 3. The Morgan fingerprint density at radius 2 is 1.64 bits per heavy atom. The Labute approximate surface area is 210 Å². The SMILES string of the molecule is O=C(CC(Cc1cccc2ccccc12)C(=O)N1C(=O)OC[C@@H]1Cc1ccccc1)N1CCOCC1. The topological polar surface area (TPSA) is 76.2 Å². The minimum Gasteiger partial charge on any atom is -0.447 e. The first-order chi connectivity index (χ1) is 17.6. The van der Waals surface area contributed by atoms with Crippen LogP contribution in [0.25, 0.3) is 10.8 Å². The zero-order valence-electron chi connectivity index (χ0n) is 20.2. The highest BCUT2D eigenvalue weighted by Gasteiger charge is 2.41. The molecule has 7 heteroatoms. The second-order valence-corrected chi connectivity index (χ2v) is 9.37. The fraction of sp³-hybridized carbons (Fsp3) is 0.345. The smallest absolute Gasteiger partial charge is 0.416 e. The van der Waals surface area contributed by atoms with Crippen LogP contribution in [0.1, 0.15) is 17.5 Å². The van der Waals surface area contributed by atoms with Gasteiger partial charge in [-0.2, -0.15) is 0 Å². The maximum atomic E-state index is 13.9. The van der Waals surface area contributed by atoms with Crippen molar-refractivity contribution in [2.24, 2.45) is 5.92 Å². The molecule has 0 N–H and O–H groups in total. The lowest BCUT2D eigenvalue weighted by atomic mass is 9.90. The number of hydrogen-bond donors (Lipinski definition) is 0. The fourth-order valence-corrected chi connectivity index (χ4v) is 5.10. The van der Waals surface area contributed by atoms with Gasteiger partial charge >= 0.3 is 6.09 Å². The van der Waals surface area contributed by atoms with Crippen LogP contribution in [-0.4, -0.2) is 66.7 Å². The van der Waals surface area contributed by atoms with E-state index in [-0.39, 0.29) is 24.8 Å². The van der Waals surface area contributed by atoms with E-state index in [1.807, 2.05) is 72.8 Å². The Morgan fingerprint density at radius 1 is 0.917 bits per heavy atom. The summed E-state index contributed by atoms with van der Waals surface area (Å²) >= 11 is 0. The van der Waals surface area contributed by atoms with Gasteiger partial charge in [0.1, 0.15) is 6.61 Å². The zero-order valence-corrected chi connectivity index (χ0v) is 20.2. The Kier molecular flexibility index (Phi) is 7.28. The number of rotatable bonds is 7. The summed E-state index contributed by atoms with van der Waals surface area (Å²) in [6, 6.07) is 23.3. The number of nitrogens with zero attached hydrogens (tertiary/aromatic N) is 2. The molecule has 3 aromatic rings. The minimum absolute atomic E-state index is 0.0316. The van der Waals surface area contributed by atoms with E-state index < -0.39 is 18.1 Å². The maximum absolute atomic E-state index is 13.9. The molecule has 0 bridgehead atoms. The van der Waals surface area contributed by atoms with E-state index in [4.69, 9.17) is 9.47 Å². The van der Waals surface area contributed by atoms with Crippen molar-refractivity contribution in [2.75, 3.05) is 32.9 Å². The number of fused-ring (bicyclic) bond motifs is 1. The highest BCUT2D eigenvalue weighted by molar-refractivity contribution is 5.97. The summed E-state index contributed by atoms with van der Waals surface area (Å²) in [5.41, 5.74) is 2.00. The predicted molar refractivity (Wildman–Crippen MR) is 135 cm³/mol. The number of cyclic esters (lactones) is 1. The maximum Gasteiger partial charge on any atom is 0.416 e. The van der Waals surface area contributed by atoms with Gasteiger partial charge in [-0.25, -0.2) is 9.69 Å². The summed E-state index contributed by atoms with van der Waals surface area (Å²) in [6.07, 6.45) is 0.265. The highest BCUT2D eigenvalue weighted by Crippen LogP contribution is 2.27. The molecule has 2 aliphatic heterocycles. The molecule has 7 nitrogen and oxygen atoms in total. The summed E-state index contributed by atoms with van der Waals surface area (Å²) < 4.78 is 10.7. The van der Waals surface area contributed by atoms with Gasteiger partial charge in [0.2, 0.25) is 11.8 Å². The summed E-state index contributed by atoms with van der Waals surface area (Å²) in [5, 5.41) is 2.12. The largest absolute Gasteiger partial charge is 0.447 e. The van der Waals surface area contributed by atoms with Crippen molar-refractivity contribution in [3.05, 3.63) is 83.9 Å². The number of imide groups is 1. The van der Waals surface area contributed by atoms with Gasteiger partial charge in [0.25, 0.3) is 0 Å². The van der Waals surface area contributed by atoms with Crippen LogP contribution >= 0.6 is 0 Å². The molecule has 3 amide bonds. The molecule has 2 fully saturated rings. The molecule has 1 unspecified atom stereocenters. The summed E-state index contributed by atoms with van der Waals surface area (Å²) in [4.78, 5) is 42.9. The average molecular weight is 487 g/mol. The average Bonchev–Trinajstić information content (AvgIpc) is 3.28. The summed E-state index contributed by atoms with van der Waals surface area (Å²) in [5.74, 6) is -1.13. The minimum atomic E-state index is -0.685. The second-order valence-electron chi connectivity index (χ2n) is 9.37. The molecule has 2 aliphatic rings. The van der Waals surface area contributed by atoms with Gasteiger partial charge in [0.15, 0.2) is 0 Å². The predicted octanol–water partition coefficient (Wildman–Crippen LogP) is 3.84. The van der Waals surface area contributed by atoms with Crippen LogP contribution in [0, 0.1) is 5.92 Å². The van der Waals surface area contributed by atoms with Gasteiger partial charge in [-0.1, -0.05) is 72.8 Å². The molecule has 5 rings (SSSR count). The first-order valence-corrected chi connectivity index (χ1v) is 12.5. The zero-order chi connectivity index (χ0) is 24.9. The Bertz CT molecular complexity index is 1230. The van der Waals surface area contributed by atoms with Crippen molar-refractivity contribution in [1.82, 2.24) is 9.80 Å². The molecule has 36 heavy (non-hydrogen) atoms. The Hall–Kier alpha value is -3.71. The van der Waals surface area contributed by atoms with Gasteiger partial charge in [0.05, 0.1) is 25.2 Å².